The average molecular weight is 333 g/mol. The van der Waals surface area contributed by atoms with Crippen molar-refractivity contribution in [3.63, 3.8) is 0 Å². The molecule has 2 heterocycles. The highest BCUT2D eigenvalue weighted by atomic mass is 16.5. The summed E-state index contributed by atoms with van der Waals surface area (Å²) >= 11 is 0. The van der Waals surface area contributed by atoms with Crippen LogP contribution in [0.1, 0.15) is 12.8 Å². The van der Waals surface area contributed by atoms with Crippen molar-refractivity contribution in [1.82, 2.24) is 9.80 Å². The van der Waals surface area contributed by atoms with E-state index >= 15 is 0 Å². The topological polar surface area (TPSA) is 85.1 Å². The molecule has 0 aliphatic carbocycles. The van der Waals surface area contributed by atoms with Gasteiger partial charge in [-0.3, -0.25) is 4.79 Å². The van der Waals surface area contributed by atoms with Gasteiger partial charge in [0.05, 0.1) is 26.1 Å². The van der Waals surface area contributed by atoms with Crippen molar-refractivity contribution in [3.05, 3.63) is 24.3 Å². The quantitative estimate of drug-likeness (QED) is 0.893. The van der Waals surface area contributed by atoms with Crippen LogP contribution in [-0.4, -0.2) is 61.1 Å². The Labute approximate surface area is 141 Å². The Balaban J connectivity index is 1.49. The van der Waals surface area contributed by atoms with Crippen LogP contribution in [0.5, 0.6) is 11.5 Å². The molecule has 2 saturated heterocycles. The van der Waals surface area contributed by atoms with Crippen molar-refractivity contribution < 1.29 is 19.1 Å². The molecule has 0 aromatic heterocycles. The van der Waals surface area contributed by atoms with E-state index < -0.39 is 6.03 Å². The van der Waals surface area contributed by atoms with Crippen LogP contribution in [0.15, 0.2) is 24.3 Å². The maximum atomic E-state index is 12.5. The molecule has 24 heavy (non-hydrogen) atoms. The Bertz CT molecular complexity index is 616. The Kier molecular flexibility index (Phi) is 4.78. The third kappa shape index (κ3) is 3.55. The van der Waals surface area contributed by atoms with E-state index in [9.17, 15) is 9.59 Å². The fourth-order valence-corrected chi connectivity index (χ4v) is 3.20. The van der Waals surface area contributed by atoms with Gasteiger partial charge >= 0.3 is 6.03 Å². The maximum Gasteiger partial charge on any atom is 0.314 e. The van der Waals surface area contributed by atoms with Crippen molar-refractivity contribution >= 4 is 11.9 Å². The summed E-state index contributed by atoms with van der Waals surface area (Å²) in [5.74, 6) is 1.42. The van der Waals surface area contributed by atoms with Gasteiger partial charge in [-0.1, -0.05) is 6.07 Å². The molecule has 1 aromatic carbocycles. The number of amides is 3. The van der Waals surface area contributed by atoms with Crippen molar-refractivity contribution in [2.45, 2.75) is 18.9 Å². The molecule has 2 aliphatic rings. The standard InChI is InChI=1S/C17H23N3O4/c1-23-13-5-2-6-14(8-13)24-15-10-20(11-15)16(21)12-4-3-7-19(9-12)17(18)22/h2,5-6,8,12,15H,3-4,7,9-11H2,1H3,(H2,18,22). The van der Waals surface area contributed by atoms with E-state index in [0.717, 1.165) is 24.3 Å². The molecular weight excluding hydrogens is 310 g/mol. The molecule has 0 radical (unpaired) electrons. The SMILES string of the molecule is COc1cccc(OC2CN(C(=O)C3CCCN(C(N)=O)C3)C2)c1. The second kappa shape index (κ2) is 6.98. The van der Waals surface area contributed by atoms with E-state index in [1.54, 1.807) is 16.9 Å². The van der Waals surface area contributed by atoms with Crippen LogP contribution in [0, 0.1) is 5.92 Å². The molecule has 1 atom stereocenters. The minimum Gasteiger partial charge on any atom is -0.497 e. The fourth-order valence-electron chi connectivity index (χ4n) is 3.20. The van der Waals surface area contributed by atoms with E-state index in [4.69, 9.17) is 15.2 Å². The van der Waals surface area contributed by atoms with Crippen molar-refractivity contribution in [3.8, 4) is 11.5 Å². The number of carbonyl (C=O) groups is 2. The molecule has 0 bridgehead atoms. The van der Waals surface area contributed by atoms with E-state index in [0.29, 0.717) is 26.2 Å². The van der Waals surface area contributed by atoms with Crippen molar-refractivity contribution in [2.24, 2.45) is 11.7 Å². The zero-order chi connectivity index (χ0) is 17.1. The number of nitrogens with two attached hydrogens (primary N) is 1. The molecule has 0 spiro atoms. The van der Waals surface area contributed by atoms with Gasteiger partial charge in [-0.25, -0.2) is 4.79 Å². The number of hydrogen-bond donors (Lipinski definition) is 1. The van der Waals surface area contributed by atoms with Gasteiger partial charge < -0.3 is 25.0 Å². The summed E-state index contributed by atoms with van der Waals surface area (Å²) in [6.07, 6.45) is 1.62. The molecule has 130 valence electrons. The first-order valence-electron chi connectivity index (χ1n) is 8.20. The van der Waals surface area contributed by atoms with E-state index in [1.165, 1.54) is 0 Å². The zero-order valence-corrected chi connectivity index (χ0v) is 13.8. The van der Waals surface area contributed by atoms with Gasteiger partial charge in [0.15, 0.2) is 0 Å². The first-order valence-corrected chi connectivity index (χ1v) is 8.20. The number of rotatable bonds is 4. The fraction of sp³-hybridized carbons (Fsp3) is 0.529. The zero-order valence-electron chi connectivity index (χ0n) is 13.8. The number of hydrogen-bond acceptors (Lipinski definition) is 4. The summed E-state index contributed by atoms with van der Waals surface area (Å²) in [6, 6.07) is 6.98. The molecule has 0 saturated carbocycles. The van der Waals surface area contributed by atoms with Crippen LogP contribution in [0.4, 0.5) is 4.79 Å². The Morgan fingerprint density at radius 3 is 2.62 bits per heavy atom. The summed E-state index contributed by atoms with van der Waals surface area (Å²) < 4.78 is 11.0. The highest BCUT2D eigenvalue weighted by molar-refractivity contribution is 5.81. The molecule has 7 nitrogen and oxygen atoms in total. The molecule has 2 fully saturated rings. The van der Waals surface area contributed by atoms with Crippen LogP contribution < -0.4 is 15.2 Å². The maximum absolute atomic E-state index is 12.5. The number of primary amides is 1. The largest absolute Gasteiger partial charge is 0.497 e. The predicted molar refractivity (Wildman–Crippen MR) is 87.9 cm³/mol. The molecule has 3 rings (SSSR count). The number of benzene rings is 1. The Morgan fingerprint density at radius 1 is 1.17 bits per heavy atom. The second-order valence-corrected chi connectivity index (χ2v) is 6.29. The molecule has 7 heteroatoms. The van der Waals surface area contributed by atoms with Crippen LogP contribution in [0.25, 0.3) is 0 Å². The van der Waals surface area contributed by atoms with Gasteiger partial charge in [0.25, 0.3) is 0 Å². The van der Waals surface area contributed by atoms with Gasteiger partial charge in [-0.05, 0) is 25.0 Å². The summed E-state index contributed by atoms with van der Waals surface area (Å²) in [5, 5.41) is 0. The lowest BCUT2D eigenvalue weighted by atomic mass is 9.95. The number of carbonyl (C=O) groups excluding carboxylic acids is 2. The van der Waals surface area contributed by atoms with E-state index in [2.05, 4.69) is 0 Å². The third-order valence-corrected chi connectivity index (χ3v) is 4.59. The molecule has 3 amide bonds. The number of likely N-dealkylation sites (tertiary alicyclic amines) is 2. The van der Waals surface area contributed by atoms with Gasteiger partial charge in [0.1, 0.15) is 17.6 Å². The van der Waals surface area contributed by atoms with Crippen LogP contribution >= 0.6 is 0 Å². The molecular formula is C17H23N3O4. The number of ether oxygens (including phenoxy) is 2. The normalized spacial score (nSPS) is 21.1. The highest BCUT2D eigenvalue weighted by Crippen LogP contribution is 2.25. The van der Waals surface area contributed by atoms with Gasteiger partial charge in [0.2, 0.25) is 5.91 Å². The van der Waals surface area contributed by atoms with E-state index in [1.807, 2.05) is 24.3 Å². The number of piperidine rings is 1. The summed E-state index contributed by atoms with van der Waals surface area (Å²) in [4.78, 5) is 27.1. The van der Waals surface area contributed by atoms with Crippen molar-refractivity contribution in [2.75, 3.05) is 33.3 Å². The third-order valence-electron chi connectivity index (χ3n) is 4.59. The summed E-state index contributed by atoms with van der Waals surface area (Å²) in [6.45, 7) is 2.21. The van der Waals surface area contributed by atoms with Crippen molar-refractivity contribution in [1.29, 1.82) is 0 Å². The lowest BCUT2D eigenvalue weighted by Crippen LogP contribution is -2.59. The number of urea groups is 1. The second-order valence-electron chi connectivity index (χ2n) is 6.29. The highest BCUT2D eigenvalue weighted by Gasteiger charge is 2.37. The lowest BCUT2D eigenvalue weighted by molar-refractivity contribution is -0.145. The minimum atomic E-state index is -0.449. The van der Waals surface area contributed by atoms with Crippen LogP contribution in [-0.2, 0) is 4.79 Å². The first kappa shape index (κ1) is 16.4. The summed E-state index contributed by atoms with van der Waals surface area (Å²) in [7, 11) is 1.61. The average Bonchev–Trinajstić information content (AvgIpc) is 2.57. The first-order chi connectivity index (χ1) is 11.6. The van der Waals surface area contributed by atoms with E-state index in [-0.39, 0.29) is 17.9 Å². The smallest absolute Gasteiger partial charge is 0.314 e. The van der Waals surface area contributed by atoms with Crippen LogP contribution in [0.3, 0.4) is 0 Å². The van der Waals surface area contributed by atoms with Gasteiger partial charge in [0, 0.05) is 19.2 Å². The Morgan fingerprint density at radius 2 is 1.92 bits per heavy atom. The van der Waals surface area contributed by atoms with Gasteiger partial charge in [-0.2, -0.15) is 0 Å². The van der Waals surface area contributed by atoms with Crippen LogP contribution in [0.2, 0.25) is 0 Å². The molecule has 1 aromatic rings. The molecule has 2 N–H and O–H groups in total. The summed E-state index contributed by atoms with van der Waals surface area (Å²) in [5.41, 5.74) is 5.32. The lowest BCUT2D eigenvalue weighted by Gasteiger charge is -2.42. The molecule has 2 aliphatic heterocycles. The van der Waals surface area contributed by atoms with Gasteiger partial charge in [-0.15, -0.1) is 0 Å². The number of nitrogens with zero attached hydrogens (tertiary/aromatic N) is 2. The monoisotopic (exact) mass is 333 g/mol. The number of methoxy groups -OCH3 is 1. The molecule has 1 unspecified atom stereocenters. The predicted octanol–water partition coefficient (Wildman–Crippen LogP) is 1.08. The minimum absolute atomic E-state index is 0.00288. The Hall–Kier alpha value is -2.44.